The normalized spacial score (nSPS) is 12.1. The molecule has 1 aromatic heterocycles. The van der Waals surface area contributed by atoms with Crippen LogP contribution < -0.4 is 14.8 Å². The fourth-order valence-corrected chi connectivity index (χ4v) is 2.71. The Hall–Kier alpha value is -1.52. The number of hydrogen-bond donors (Lipinski definition) is 1. The molecule has 0 saturated heterocycles. The number of thiophene rings is 1. The van der Waals surface area contributed by atoms with Crippen LogP contribution in [0.3, 0.4) is 0 Å². The van der Waals surface area contributed by atoms with E-state index in [1.165, 1.54) is 10.4 Å². The molecule has 1 aromatic carbocycles. The second-order valence-corrected chi connectivity index (χ2v) is 5.99. The van der Waals surface area contributed by atoms with Gasteiger partial charge in [0.1, 0.15) is 6.61 Å². The number of methoxy groups -OCH3 is 1. The van der Waals surface area contributed by atoms with Gasteiger partial charge in [0, 0.05) is 10.9 Å². The molecule has 4 heteroatoms. The molecule has 0 fully saturated rings. The lowest BCUT2D eigenvalue weighted by molar-refractivity contribution is 0.287. The monoisotopic (exact) mass is 305 g/mol. The van der Waals surface area contributed by atoms with Crippen LogP contribution in [0.25, 0.3) is 0 Å². The summed E-state index contributed by atoms with van der Waals surface area (Å²) >= 11 is 1.70. The average Bonchev–Trinajstić information content (AvgIpc) is 3.03. The zero-order valence-corrected chi connectivity index (χ0v) is 13.7. The molecule has 3 nitrogen and oxygen atoms in total. The van der Waals surface area contributed by atoms with Gasteiger partial charge in [-0.15, -0.1) is 11.3 Å². The van der Waals surface area contributed by atoms with Crippen molar-refractivity contribution in [3.63, 3.8) is 0 Å². The van der Waals surface area contributed by atoms with E-state index >= 15 is 0 Å². The van der Waals surface area contributed by atoms with Gasteiger partial charge < -0.3 is 14.8 Å². The molecule has 21 heavy (non-hydrogen) atoms. The molecule has 0 aliphatic carbocycles. The summed E-state index contributed by atoms with van der Waals surface area (Å²) in [6, 6.07) is 10.6. The molecule has 0 aliphatic heterocycles. The first-order valence-electron chi connectivity index (χ1n) is 7.31. The smallest absolute Gasteiger partial charge is 0.161 e. The van der Waals surface area contributed by atoms with Gasteiger partial charge in [0.05, 0.1) is 7.11 Å². The highest BCUT2D eigenvalue weighted by Crippen LogP contribution is 2.31. The van der Waals surface area contributed by atoms with Gasteiger partial charge in [-0.2, -0.15) is 0 Å². The van der Waals surface area contributed by atoms with Gasteiger partial charge in [0.2, 0.25) is 0 Å². The van der Waals surface area contributed by atoms with Crippen LogP contribution in [-0.4, -0.2) is 13.7 Å². The van der Waals surface area contributed by atoms with Crippen molar-refractivity contribution in [1.82, 2.24) is 5.32 Å². The summed E-state index contributed by atoms with van der Waals surface area (Å²) in [4.78, 5) is 1.21. The Morgan fingerprint density at radius 1 is 1.24 bits per heavy atom. The molecule has 0 radical (unpaired) electrons. The molecule has 1 heterocycles. The van der Waals surface area contributed by atoms with Crippen LogP contribution in [0.4, 0.5) is 0 Å². The lowest BCUT2D eigenvalue weighted by Gasteiger charge is -2.16. The van der Waals surface area contributed by atoms with Gasteiger partial charge in [-0.3, -0.25) is 0 Å². The highest BCUT2D eigenvalue weighted by atomic mass is 32.1. The van der Waals surface area contributed by atoms with E-state index in [1.807, 2.05) is 12.1 Å². The predicted octanol–water partition coefficient (Wildman–Crippen LogP) is 4.40. The average molecular weight is 305 g/mol. The van der Waals surface area contributed by atoms with E-state index < -0.39 is 0 Å². The predicted molar refractivity (Wildman–Crippen MR) is 88.4 cm³/mol. The summed E-state index contributed by atoms with van der Waals surface area (Å²) in [7, 11) is 1.68. The van der Waals surface area contributed by atoms with Gasteiger partial charge in [-0.05, 0) is 49.0 Å². The summed E-state index contributed by atoms with van der Waals surface area (Å²) in [5.41, 5.74) is 1.21. The summed E-state index contributed by atoms with van der Waals surface area (Å²) in [5.74, 6) is 1.58. The minimum absolute atomic E-state index is 0.310. The van der Waals surface area contributed by atoms with Crippen molar-refractivity contribution < 1.29 is 9.47 Å². The third-order valence-electron chi connectivity index (χ3n) is 3.34. The molecular weight excluding hydrogens is 282 g/mol. The van der Waals surface area contributed by atoms with Crippen molar-refractivity contribution in [2.75, 3.05) is 13.7 Å². The summed E-state index contributed by atoms with van der Waals surface area (Å²) in [6.45, 7) is 5.93. The molecule has 0 saturated carbocycles. The lowest BCUT2D eigenvalue weighted by atomic mass is 10.1. The quantitative estimate of drug-likeness (QED) is 0.784. The van der Waals surface area contributed by atoms with Crippen molar-refractivity contribution in [3.05, 3.63) is 46.2 Å². The van der Waals surface area contributed by atoms with Gasteiger partial charge in [-0.25, -0.2) is 0 Å². The Balaban J connectivity index is 2.05. The molecule has 2 rings (SSSR count). The molecule has 114 valence electrons. The van der Waals surface area contributed by atoms with Crippen LogP contribution in [-0.2, 0) is 6.61 Å². The van der Waals surface area contributed by atoms with Crippen LogP contribution >= 0.6 is 11.3 Å². The molecule has 0 amide bonds. The molecule has 1 atom stereocenters. The van der Waals surface area contributed by atoms with E-state index in [4.69, 9.17) is 9.47 Å². The Bertz CT molecular complexity index is 540. The molecule has 0 spiro atoms. The Labute approximate surface area is 130 Å². The van der Waals surface area contributed by atoms with Gasteiger partial charge in [-0.1, -0.05) is 19.1 Å². The van der Waals surface area contributed by atoms with Crippen LogP contribution in [0.5, 0.6) is 11.5 Å². The largest absolute Gasteiger partial charge is 0.493 e. The van der Waals surface area contributed by atoms with Gasteiger partial charge >= 0.3 is 0 Å². The molecule has 0 aliphatic rings. The number of ether oxygens (including phenoxy) is 2. The Morgan fingerprint density at radius 2 is 2.10 bits per heavy atom. The summed E-state index contributed by atoms with van der Waals surface area (Å²) in [6.07, 6.45) is 1.13. The molecule has 1 N–H and O–H groups in total. The maximum Gasteiger partial charge on any atom is 0.161 e. The number of benzene rings is 1. The Morgan fingerprint density at radius 3 is 2.76 bits per heavy atom. The molecular formula is C17H23NO2S. The SMILES string of the molecule is CCCNC(C)c1ccc(OCc2cccs2)c(OC)c1. The van der Waals surface area contributed by atoms with E-state index in [9.17, 15) is 0 Å². The maximum absolute atomic E-state index is 5.85. The molecule has 0 bridgehead atoms. The number of hydrogen-bond acceptors (Lipinski definition) is 4. The fraction of sp³-hybridized carbons (Fsp3) is 0.412. The second-order valence-electron chi connectivity index (χ2n) is 4.95. The third-order valence-corrected chi connectivity index (χ3v) is 4.19. The molecule has 1 unspecified atom stereocenters. The standard InChI is InChI=1S/C17H23NO2S/c1-4-9-18-13(2)14-7-8-16(17(11-14)19-3)20-12-15-6-5-10-21-15/h5-8,10-11,13,18H,4,9,12H2,1-3H3. The zero-order chi connectivity index (χ0) is 15.1. The zero-order valence-electron chi connectivity index (χ0n) is 12.9. The van der Waals surface area contributed by atoms with Gasteiger partial charge in [0.15, 0.2) is 11.5 Å². The van der Waals surface area contributed by atoms with Gasteiger partial charge in [0.25, 0.3) is 0 Å². The van der Waals surface area contributed by atoms with Crippen LogP contribution in [0.2, 0.25) is 0 Å². The van der Waals surface area contributed by atoms with Crippen LogP contribution in [0, 0.1) is 0 Å². The van der Waals surface area contributed by atoms with Crippen molar-refractivity contribution in [3.8, 4) is 11.5 Å². The number of rotatable bonds is 8. The lowest BCUT2D eigenvalue weighted by Crippen LogP contribution is -2.19. The highest BCUT2D eigenvalue weighted by Gasteiger charge is 2.10. The van der Waals surface area contributed by atoms with E-state index in [0.29, 0.717) is 12.6 Å². The summed E-state index contributed by atoms with van der Waals surface area (Å²) in [5, 5.41) is 5.53. The van der Waals surface area contributed by atoms with Crippen molar-refractivity contribution in [1.29, 1.82) is 0 Å². The topological polar surface area (TPSA) is 30.5 Å². The van der Waals surface area contributed by atoms with E-state index in [0.717, 1.165) is 24.5 Å². The minimum atomic E-state index is 0.310. The number of nitrogens with one attached hydrogen (secondary N) is 1. The third kappa shape index (κ3) is 4.48. The highest BCUT2D eigenvalue weighted by molar-refractivity contribution is 7.09. The molecule has 2 aromatic rings. The first kappa shape index (κ1) is 15.9. The summed E-state index contributed by atoms with van der Waals surface area (Å²) < 4.78 is 11.3. The van der Waals surface area contributed by atoms with E-state index in [1.54, 1.807) is 18.4 Å². The van der Waals surface area contributed by atoms with Crippen LogP contribution in [0.15, 0.2) is 35.7 Å². The first-order valence-corrected chi connectivity index (χ1v) is 8.19. The second kappa shape index (κ2) is 8.05. The minimum Gasteiger partial charge on any atom is -0.493 e. The first-order chi connectivity index (χ1) is 10.2. The van der Waals surface area contributed by atoms with Crippen molar-refractivity contribution in [2.24, 2.45) is 0 Å². The van der Waals surface area contributed by atoms with Crippen molar-refractivity contribution in [2.45, 2.75) is 32.9 Å². The van der Waals surface area contributed by atoms with E-state index in [-0.39, 0.29) is 0 Å². The van der Waals surface area contributed by atoms with E-state index in [2.05, 4.69) is 42.7 Å². The maximum atomic E-state index is 5.85. The fourth-order valence-electron chi connectivity index (χ4n) is 2.10. The van der Waals surface area contributed by atoms with Crippen molar-refractivity contribution >= 4 is 11.3 Å². The van der Waals surface area contributed by atoms with Crippen LogP contribution in [0.1, 0.15) is 36.8 Å². The Kier molecular flexibility index (Phi) is 6.08.